The van der Waals surface area contributed by atoms with E-state index in [1.807, 2.05) is 13.8 Å². The molecular weight excluding hydrogens is 290 g/mol. The number of aliphatic carboxylic acids is 1. The third kappa shape index (κ3) is 3.27. The molecule has 1 saturated carbocycles. The average Bonchev–Trinajstić information content (AvgIpc) is 2.42. The van der Waals surface area contributed by atoms with Crippen LogP contribution in [0.1, 0.15) is 43.2 Å². The van der Waals surface area contributed by atoms with E-state index in [0.29, 0.717) is 12.8 Å². The summed E-state index contributed by atoms with van der Waals surface area (Å²) in [5, 5.41) is 9.47. The summed E-state index contributed by atoms with van der Waals surface area (Å²) in [4.78, 5) is 11.7. The number of hydrogen-bond acceptors (Lipinski definition) is 3. The number of benzene rings is 1. The van der Waals surface area contributed by atoms with Gasteiger partial charge in [-0.2, -0.15) is 4.72 Å². The molecule has 0 amide bonds. The van der Waals surface area contributed by atoms with Gasteiger partial charge in [-0.3, -0.25) is 4.79 Å². The number of carboxylic acids is 1. The summed E-state index contributed by atoms with van der Waals surface area (Å²) in [5.74, 6) is -1.09. The van der Waals surface area contributed by atoms with Crippen LogP contribution in [-0.2, 0) is 14.8 Å². The van der Waals surface area contributed by atoms with Crippen LogP contribution < -0.4 is 4.72 Å². The maximum atomic E-state index is 12.5. The number of nitrogens with one attached hydrogen (secondary N) is 1. The Morgan fingerprint density at radius 1 is 1.14 bits per heavy atom. The lowest BCUT2D eigenvalue weighted by Gasteiger charge is -2.33. The summed E-state index contributed by atoms with van der Waals surface area (Å²) >= 11 is 0. The van der Waals surface area contributed by atoms with Crippen molar-refractivity contribution in [2.24, 2.45) is 0 Å². The highest BCUT2D eigenvalue weighted by atomic mass is 32.2. The van der Waals surface area contributed by atoms with E-state index in [9.17, 15) is 18.3 Å². The fraction of sp³-hybridized carbons (Fsp3) is 0.533. The van der Waals surface area contributed by atoms with Gasteiger partial charge in [-0.15, -0.1) is 0 Å². The van der Waals surface area contributed by atoms with Crippen molar-refractivity contribution in [3.05, 3.63) is 29.3 Å². The maximum absolute atomic E-state index is 12.5. The van der Waals surface area contributed by atoms with E-state index < -0.39 is 21.5 Å². The zero-order valence-electron chi connectivity index (χ0n) is 12.3. The lowest BCUT2D eigenvalue weighted by molar-refractivity contribution is -0.145. The predicted octanol–water partition coefficient (Wildman–Crippen LogP) is 2.37. The molecular formula is C15H21NO4S. The van der Waals surface area contributed by atoms with Crippen molar-refractivity contribution in [3.8, 4) is 0 Å². The van der Waals surface area contributed by atoms with Crippen LogP contribution in [0, 0.1) is 13.8 Å². The highest BCUT2D eigenvalue weighted by Gasteiger charge is 2.43. The number of carboxylic acid groups (broad SMARTS) is 1. The Morgan fingerprint density at radius 3 is 2.29 bits per heavy atom. The first-order chi connectivity index (χ1) is 9.77. The van der Waals surface area contributed by atoms with Gasteiger partial charge in [0.05, 0.1) is 4.90 Å². The highest BCUT2D eigenvalue weighted by molar-refractivity contribution is 7.89. The van der Waals surface area contributed by atoms with Gasteiger partial charge < -0.3 is 5.11 Å². The van der Waals surface area contributed by atoms with Gasteiger partial charge in [0.1, 0.15) is 5.54 Å². The minimum Gasteiger partial charge on any atom is -0.480 e. The van der Waals surface area contributed by atoms with Gasteiger partial charge in [0.25, 0.3) is 0 Å². The molecule has 2 rings (SSSR count). The molecule has 6 heteroatoms. The number of carbonyl (C=O) groups is 1. The minimum atomic E-state index is -3.83. The Labute approximate surface area is 125 Å². The maximum Gasteiger partial charge on any atom is 0.324 e. The van der Waals surface area contributed by atoms with Crippen LogP contribution in [0.15, 0.2) is 23.1 Å². The van der Waals surface area contributed by atoms with Crippen molar-refractivity contribution in [1.82, 2.24) is 4.72 Å². The molecule has 0 radical (unpaired) electrons. The van der Waals surface area contributed by atoms with Crippen molar-refractivity contribution in [1.29, 1.82) is 0 Å². The van der Waals surface area contributed by atoms with E-state index in [0.717, 1.165) is 30.4 Å². The topological polar surface area (TPSA) is 83.5 Å². The number of rotatable bonds is 4. The second kappa shape index (κ2) is 5.77. The zero-order valence-corrected chi connectivity index (χ0v) is 13.2. The van der Waals surface area contributed by atoms with Crippen molar-refractivity contribution >= 4 is 16.0 Å². The van der Waals surface area contributed by atoms with Crippen LogP contribution in [-0.4, -0.2) is 25.0 Å². The average molecular weight is 311 g/mol. The Hall–Kier alpha value is -1.40. The third-order valence-corrected chi connectivity index (χ3v) is 5.77. The fourth-order valence-electron chi connectivity index (χ4n) is 2.71. The molecule has 1 fully saturated rings. The molecule has 1 aromatic carbocycles. The molecule has 1 aliphatic carbocycles. The monoisotopic (exact) mass is 311 g/mol. The molecule has 0 aliphatic heterocycles. The fourth-order valence-corrected chi connectivity index (χ4v) is 4.21. The van der Waals surface area contributed by atoms with E-state index in [2.05, 4.69) is 4.72 Å². The van der Waals surface area contributed by atoms with E-state index in [1.165, 1.54) is 6.07 Å². The van der Waals surface area contributed by atoms with Gasteiger partial charge in [0.2, 0.25) is 10.0 Å². The van der Waals surface area contributed by atoms with Gasteiger partial charge in [0, 0.05) is 0 Å². The van der Waals surface area contributed by atoms with E-state index in [-0.39, 0.29) is 4.90 Å². The van der Waals surface area contributed by atoms with Crippen LogP contribution in [0.3, 0.4) is 0 Å². The second-order valence-corrected chi connectivity index (χ2v) is 7.48. The highest BCUT2D eigenvalue weighted by Crippen LogP contribution is 2.30. The summed E-state index contributed by atoms with van der Waals surface area (Å²) in [5.41, 5.74) is 0.501. The molecule has 2 N–H and O–H groups in total. The summed E-state index contributed by atoms with van der Waals surface area (Å²) < 4.78 is 27.4. The van der Waals surface area contributed by atoms with Crippen LogP contribution >= 0.6 is 0 Å². The predicted molar refractivity (Wildman–Crippen MR) is 79.7 cm³/mol. The Kier molecular flexibility index (Phi) is 4.39. The van der Waals surface area contributed by atoms with E-state index in [1.54, 1.807) is 12.1 Å². The molecule has 0 atom stereocenters. The van der Waals surface area contributed by atoms with Crippen LogP contribution in [0.25, 0.3) is 0 Å². The van der Waals surface area contributed by atoms with Gasteiger partial charge in [0.15, 0.2) is 0 Å². The Morgan fingerprint density at radius 2 is 1.76 bits per heavy atom. The molecule has 0 saturated heterocycles. The molecule has 21 heavy (non-hydrogen) atoms. The first-order valence-electron chi connectivity index (χ1n) is 7.11. The lowest BCUT2D eigenvalue weighted by atomic mass is 9.83. The standard InChI is InChI=1S/C15H21NO4S/c1-11-6-7-13(10-12(11)2)21(19,20)16-15(14(17)18)8-4-3-5-9-15/h6-7,10,16H,3-5,8-9H2,1-2H3,(H,17,18). The smallest absolute Gasteiger partial charge is 0.324 e. The van der Waals surface area contributed by atoms with Crippen LogP contribution in [0.5, 0.6) is 0 Å². The van der Waals surface area contributed by atoms with Gasteiger partial charge in [-0.05, 0) is 49.9 Å². The number of sulfonamides is 1. The Balaban J connectivity index is 2.34. The molecule has 1 aromatic rings. The summed E-state index contributed by atoms with van der Waals surface area (Å²) in [6.07, 6.45) is 3.07. The molecule has 0 heterocycles. The van der Waals surface area contributed by atoms with E-state index in [4.69, 9.17) is 0 Å². The van der Waals surface area contributed by atoms with Crippen molar-refractivity contribution in [2.75, 3.05) is 0 Å². The minimum absolute atomic E-state index is 0.122. The molecule has 116 valence electrons. The normalized spacial score (nSPS) is 18.4. The van der Waals surface area contributed by atoms with E-state index >= 15 is 0 Å². The third-order valence-electron chi connectivity index (χ3n) is 4.23. The lowest BCUT2D eigenvalue weighted by Crippen LogP contribution is -2.55. The molecule has 0 aromatic heterocycles. The summed E-state index contributed by atoms with van der Waals surface area (Å²) in [6.45, 7) is 3.74. The summed E-state index contributed by atoms with van der Waals surface area (Å²) in [7, 11) is -3.83. The molecule has 0 unspecified atom stereocenters. The van der Waals surface area contributed by atoms with Crippen LogP contribution in [0.2, 0.25) is 0 Å². The molecule has 0 bridgehead atoms. The van der Waals surface area contributed by atoms with Crippen molar-refractivity contribution in [2.45, 2.75) is 56.4 Å². The van der Waals surface area contributed by atoms with Gasteiger partial charge in [-0.1, -0.05) is 25.3 Å². The molecule has 1 aliphatic rings. The molecule has 0 spiro atoms. The summed E-state index contributed by atoms with van der Waals surface area (Å²) in [6, 6.07) is 4.83. The van der Waals surface area contributed by atoms with Gasteiger partial charge >= 0.3 is 5.97 Å². The quantitative estimate of drug-likeness (QED) is 0.894. The van der Waals surface area contributed by atoms with Crippen molar-refractivity contribution < 1.29 is 18.3 Å². The SMILES string of the molecule is Cc1ccc(S(=O)(=O)NC2(C(=O)O)CCCCC2)cc1C. The van der Waals surface area contributed by atoms with Gasteiger partial charge in [-0.25, -0.2) is 8.42 Å². The second-order valence-electron chi connectivity index (χ2n) is 5.80. The first kappa shape index (κ1) is 16.0. The first-order valence-corrected chi connectivity index (χ1v) is 8.60. The van der Waals surface area contributed by atoms with Crippen LogP contribution in [0.4, 0.5) is 0 Å². The molecule has 5 nitrogen and oxygen atoms in total. The zero-order chi connectivity index (χ0) is 15.7. The largest absolute Gasteiger partial charge is 0.480 e. The van der Waals surface area contributed by atoms with Crippen molar-refractivity contribution in [3.63, 3.8) is 0 Å². The number of hydrogen-bond donors (Lipinski definition) is 2. The Bertz CT molecular complexity index is 646. The number of aryl methyl sites for hydroxylation is 2.